The summed E-state index contributed by atoms with van der Waals surface area (Å²) in [4.78, 5) is 11.4. The summed E-state index contributed by atoms with van der Waals surface area (Å²) in [7, 11) is 4.16. The van der Waals surface area contributed by atoms with Crippen LogP contribution in [0.3, 0.4) is 0 Å². The van der Waals surface area contributed by atoms with E-state index in [9.17, 15) is 0 Å². The Morgan fingerprint density at radius 1 is 1.17 bits per heavy atom. The maximum absolute atomic E-state index is 5.94. The minimum absolute atomic E-state index is 0.584. The second kappa shape index (κ2) is 7.81. The first-order valence-electron chi connectivity index (χ1n) is 8.40. The Labute approximate surface area is 148 Å². The number of aromatic nitrogens is 2. The summed E-state index contributed by atoms with van der Waals surface area (Å²) in [6.45, 7) is 1.91. The van der Waals surface area contributed by atoms with Gasteiger partial charge in [0.15, 0.2) is 0 Å². The highest BCUT2D eigenvalue weighted by atomic mass is 35.5. The monoisotopic (exact) mass is 345 g/mol. The Hall–Kier alpha value is -1.85. The molecule has 1 aromatic carbocycles. The molecule has 0 aliphatic heterocycles. The minimum atomic E-state index is 0.584. The number of hydrogen-bond acceptors (Lipinski definition) is 5. The number of rotatable bonds is 8. The fraction of sp³-hybridized carbons (Fsp3) is 0.444. The second-order valence-corrected chi connectivity index (χ2v) is 6.93. The smallest absolute Gasteiger partial charge is 0.224 e. The fourth-order valence-corrected chi connectivity index (χ4v) is 2.60. The van der Waals surface area contributed by atoms with Crippen LogP contribution in [0.25, 0.3) is 0 Å². The van der Waals surface area contributed by atoms with Crippen LogP contribution in [0.15, 0.2) is 30.3 Å². The predicted octanol–water partition coefficient (Wildman–Crippen LogP) is 4.11. The molecule has 0 atom stereocenters. The molecular weight excluding hydrogens is 322 g/mol. The molecule has 0 bridgehead atoms. The van der Waals surface area contributed by atoms with E-state index >= 15 is 0 Å². The third kappa shape index (κ3) is 5.08. The van der Waals surface area contributed by atoms with Crippen LogP contribution >= 0.6 is 11.6 Å². The number of nitrogens with one attached hydrogen (secondary N) is 2. The second-order valence-electron chi connectivity index (χ2n) is 6.49. The predicted molar refractivity (Wildman–Crippen MR) is 100 cm³/mol. The molecule has 0 saturated heterocycles. The zero-order chi connectivity index (χ0) is 16.9. The Kier molecular flexibility index (Phi) is 5.53. The van der Waals surface area contributed by atoms with Gasteiger partial charge in [-0.3, -0.25) is 0 Å². The number of halogens is 1. The Bertz CT molecular complexity index is 668. The molecule has 2 aromatic rings. The third-order valence-corrected chi connectivity index (χ3v) is 4.18. The van der Waals surface area contributed by atoms with E-state index in [1.54, 1.807) is 0 Å². The van der Waals surface area contributed by atoms with Crippen molar-refractivity contribution >= 4 is 29.1 Å². The molecule has 1 aliphatic rings. The molecule has 6 heteroatoms. The van der Waals surface area contributed by atoms with Gasteiger partial charge in [-0.05, 0) is 64.2 Å². The van der Waals surface area contributed by atoms with Gasteiger partial charge in [0.25, 0.3) is 0 Å². The molecule has 24 heavy (non-hydrogen) atoms. The summed E-state index contributed by atoms with van der Waals surface area (Å²) in [5.74, 6) is 2.11. The van der Waals surface area contributed by atoms with Crippen LogP contribution in [0, 0.1) is 0 Å². The van der Waals surface area contributed by atoms with Crippen molar-refractivity contribution in [3.05, 3.63) is 41.0 Å². The van der Waals surface area contributed by atoms with Crippen LogP contribution in [0.5, 0.6) is 0 Å². The van der Waals surface area contributed by atoms with E-state index in [4.69, 9.17) is 11.6 Å². The van der Waals surface area contributed by atoms with Crippen LogP contribution in [0.1, 0.15) is 30.9 Å². The maximum Gasteiger partial charge on any atom is 0.224 e. The van der Waals surface area contributed by atoms with Gasteiger partial charge in [0.1, 0.15) is 5.82 Å². The van der Waals surface area contributed by atoms with Crippen molar-refractivity contribution in [2.75, 3.05) is 37.8 Å². The van der Waals surface area contributed by atoms with Crippen LogP contribution in [0.4, 0.5) is 17.5 Å². The highest BCUT2D eigenvalue weighted by Gasteiger charge is 2.26. The largest absolute Gasteiger partial charge is 0.354 e. The first-order chi connectivity index (χ1) is 11.6. The van der Waals surface area contributed by atoms with Crippen LogP contribution < -0.4 is 10.6 Å². The standard InChI is InChI=1S/C18H24ClN5/c1-24(2)11-3-10-20-18-22-16(13-4-5-13)12-17(23-18)21-15-8-6-14(19)7-9-15/h6-9,12-13H,3-5,10-11H2,1-2H3,(H2,20,21,22,23). The lowest BCUT2D eigenvalue weighted by Gasteiger charge is -2.12. The normalized spacial score (nSPS) is 14.0. The zero-order valence-corrected chi connectivity index (χ0v) is 15.0. The third-order valence-electron chi connectivity index (χ3n) is 3.92. The minimum Gasteiger partial charge on any atom is -0.354 e. The Balaban J connectivity index is 1.69. The lowest BCUT2D eigenvalue weighted by molar-refractivity contribution is 0.405. The summed E-state index contributed by atoms with van der Waals surface area (Å²) >= 11 is 5.94. The van der Waals surface area contributed by atoms with Crippen molar-refractivity contribution in [1.29, 1.82) is 0 Å². The van der Waals surface area contributed by atoms with Crippen LogP contribution in [-0.4, -0.2) is 42.1 Å². The number of hydrogen-bond donors (Lipinski definition) is 2. The molecule has 1 aliphatic carbocycles. The molecule has 0 unspecified atom stereocenters. The molecular formula is C18H24ClN5. The average Bonchev–Trinajstić information content (AvgIpc) is 3.38. The van der Waals surface area contributed by atoms with Crippen molar-refractivity contribution in [2.45, 2.75) is 25.2 Å². The van der Waals surface area contributed by atoms with E-state index in [0.29, 0.717) is 11.9 Å². The van der Waals surface area contributed by atoms with E-state index in [-0.39, 0.29) is 0 Å². The van der Waals surface area contributed by atoms with Gasteiger partial charge in [-0.1, -0.05) is 11.6 Å². The van der Waals surface area contributed by atoms with Crippen LogP contribution in [0.2, 0.25) is 5.02 Å². The van der Waals surface area contributed by atoms with Crippen molar-refractivity contribution in [2.24, 2.45) is 0 Å². The first kappa shape index (κ1) is 17.0. The van der Waals surface area contributed by atoms with E-state index in [1.165, 1.54) is 12.8 Å². The van der Waals surface area contributed by atoms with E-state index in [1.807, 2.05) is 24.3 Å². The molecule has 1 heterocycles. The maximum atomic E-state index is 5.94. The summed E-state index contributed by atoms with van der Waals surface area (Å²) < 4.78 is 0. The average molecular weight is 346 g/mol. The van der Waals surface area contributed by atoms with E-state index in [0.717, 1.165) is 41.7 Å². The quantitative estimate of drug-likeness (QED) is 0.705. The van der Waals surface area contributed by atoms with E-state index in [2.05, 4.69) is 45.7 Å². The lowest BCUT2D eigenvalue weighted by atomic mass is 10.2. The molecule has 0 amide bonds. The number of nitrogens with zero attached hydrogens (tertiary/aromatic N) is 3. The molecule has 2 N–H and O–H groups in total. The summed E-state index contributed by atoms with van der Waals surface area (Å²) in [6.07, 6.45) is 3.50. The SMILES string of the molecule is CN(C)CCCNc1nc(Nc2ccc(Cl)cc2)cc(C2CC2)n1. The van der Waals surface area contributed by atoms with Crippen molar-refractivity contribution < 1.29 is 0 Å². The number of anilines is 3. The Morgan fingerprint density at radius 2 is 1.92 bits per heavy atom. The van der Waals surface area contributed by atoms with Gasteiger partial charge < -0.3 is 15.5 Å². The van der Waals surface area contributed by atoms with Gasteiger partial charge in [0, 0.05) is 29.2 Å². The Morgan fingerprint density at radius 3 is 2.58 bits per heavy atom. The molecule has 5 nitrogen and oxygen atoms in total. The lowest BCUT2D eigenvalue weighted by Crippen LogP contribution is -2.17. The topological polar surface area (TPSA) is 53.1 Å². The fourth-order valence-electron chi connectivity index (χ4n) is 2.47. The van der Waals surface area contributed by atoms with Gasteiger partial charge in [-0.25, -0.2) is 4.98 Å². The highest BCUT2D eigenvalue weighted by molar-refractivity contribution is 6.30. The molecule has 128 valence electrons. The zero-order valence-electron chi connectivity index (χ0n) is 14.2. The molecule has 1 saturated carbocycles. The van der Waals surface area contributed by atoms with Crippen molar-refractivity contribution in [3.8, 4) is 0 Å². The summed E-state index contributed by atoms with van der Waals surface area (Å²) in [5.41, 5.74) is 2.09. The molecule has 1 aromatic heterocycles. The summed E-state index contributed by atoms with van der Waals surface area (Å²) in [5, 5.41) is 7.42. The van der Waals surface area contributed by atoms with Gasteiger partial charge in [-0.2, -0.15) is 4.98 Å². The highest BCUT2D eigenvalue weighted by Crippen LogP contribution is 2.40. The van der Waals surface area contributed by atoms with Gasteiger partial charge in [-0.15, -0.1) is 0 Å². The first-order valence-corrected chi connectivity index (χ1v) is 8.78. The molecule has 0 radical (unpaired) electrons. The van der Waals surface area contributed by atoms with Gasteiger partial charge in [0.05, 0.1) is 5.69 Å². The van der Waals surface area contributed by atoms with Crippen LogP contribution in [-0.2, 0) is 0 Å². The summed E-state index contributed by atoms with van der Waals surface area (Å²) in [6, 6.07) is 9.69. The van der Waals surface area contributed by atoms with Gasteiger partial charge in [0.2, 0.25) is 5.95 Å². The van der Waals surface area contributed by atoms with Crippen molar-refractivity contribution in [1.82, 2.24) is 14.9 Å². The molecule has 3 rings (SSSR count). The molecule has 1 fully saturated rings. The van der Waals surface area contributed by atoms with E-state index < -0.39 is 0 Å². The number of benzene rings is 1. The van der Waals surface area contributed by atoms with Crippen molar-refractivity contribution in [3.63, 3.8) is 0 Å². The molecule has 0 spiro atoms. The van der Waals surface area contributed by atoms with Gasteiger partial charge >= 0.3 is 0 Å².